The summed E-state index contributed by atoms with van der Waals surface area (Å²) in [5.41, 5.74) is 8.87. The van der Waals surface area contributed by atoms with Crippen molar-refractivity contribution in [1.82, 2.24) is 4.90 Å². The summed E-state index contributed by atoms with van der Waals surface area (Å²) in [6.45, 7) is 3.17. The molecule has 1 unspecified atom stereocenters. The lowest BCUT2D eigenvalue weighted by molar-refractivity contribution is 0.251. The van der Waals surface area contributed by atoms with Crippen LogP contribution >= 0.6 is 0 Å². The third-order valence-electron chi connectivity index (χ3n) is 4.17. The number of nitrogens with two attached hydrogens (primary N) is 1. The molecule has 1 aromatic carbocycles. The second kappa shape index (κ2) is 4.79. The summed E-state index contributed by atoms with van der Waals surface area (Å²) in [4.78, 5) is 2.53. The summed E-state index contributed by atoms with van der Waals surface area (Å²) in [5.74, 6) is 0.854. The van der Waals surface area contributed by atoms with Gasteiger partial charge in [-0.3, -0.25) is 4.90 Å². The van der Waals surface area contributed by atoms with Crippen LogP contribution in [-0.2, 0) is 0 Å². The van der Waals surface area contributed by atoms with Crippen molar-refractivity contribution in [3.05, 3.63) is 35.4 Å². The number of likely N-dealkylation sites (tertiary alicyclic amines) is 1. The van der Waals surface area contributed by atoms with Gasteiger partial charge in [-0.1, -0.05) is 24.3 Å². The van der Waals surface area contributed by atoms with Gasteiger partial charge in [-0.05, 0) is 55.8 Å². The van der Waals surface area contributed by atoms with E-state index in [1.165, 1.54) is 49.9 Å². The minimum atomic E-state index is 0.436. The molecule has 0 spiro atoms. The topological polar surface area (TPSA) is 29.3 Å². The number of benzene rings is 1. The van der Waals surface area contributed by atoms with Gasteiger partial charge in [-0.2, -0.15) is 0 Å². The Morgan fingerprint density at radius 1 is 1.12 bits per heavy atom. The van der Waals surface area contributed by atoms with Gasteiger partial charge in [0.25, 0.3) is 0 Å². The molecule has 1 atom stereocenters. The largest absolute Gasteiger partial charge is 0.329 e. The molecule has 1 heterocycles. The molecule has 17 heavy (non-hydrogen) atoms. The lowest BCUT2D eigenvalue weighted by atomic mass is 10.0. The normalized spacial score (nSPS) is 22.9. The van der Waals surface area contributed by atoms with Gasteiger partial charge in [0, 0.05) is 12.6 Å². The van der Waals surface area contributed by atoms with E-state index in [1.54, 1.807) is 0 Å². The van der Waals surface area contributed by atoms with Crippen LogP contribution in [0, 0.1) is 0 Å². The molecule has 0 radical (unpaired) electrons. The van der Waals surface area contributed by atoms with E-state index in [1.807, 2.05) is 0 Å². The van der Waals surface area contributed by atoms with Crippen molar-refractivity contribution >= 4 is 0 Å². The van der Waals surface area contributed by atoms with E-state index in [2.05, 4.69) is 29.2 Å². The van der Waals surface area contributed by atoms with Crippen molar-refractivity contribution in [1.29, 1.82) is 0 Å². The summed E-state index contributed by atoms with van der Waals surface area (Å²) in [7, 11) is 0. The Kier molecular flexibility index (Phi) is 3.17. The molecule has 2 aliphatic rings. The first-order chi connectivity index (χ1) is 8.38. The van der Waals surface area contributed by atoms with Crippen LogP contribution in [0.3, 0.4) is 0 Å². The Balaban J connectivity index is 1.75. The third-order valence-corrected chi connectivity index (χ3v) is 4.17. The summed E-state index contributed by atoms with van der Waals surface area (Å²) in [6, 6.07) is 9.65. The molecule has 2 nitrogen and oxygen atoms in total. The van der Waals surface area contributed by atoms with E-state index >= 15 is 0 Å². The number of hydrogen-bond acceptors (Lipinski definition) is 2. The fourth-order valence-electron chi connectivity index (χ4n) is 2.96. The Morgan fingerprint density at radius 3 is 2.29 bits per heavy atom. The van der Waals surface area contributed by atoms with Crippen molar-refractivity contribution in [2.24, 2.45) is 5.73 Å². The first-order valence-corrected chi connectivity index (χ1v) is 6.92. The molecule has 1 saturated carbocycles. The van der Waals surface area contributed by atoms with Crippen molar-refractivity contribution in [3.63, 3.8) is 0 Å². The van der Waals surface area contributed by atoms with E-state index in [0.717, 1.165) is 12.5 Å². The van der Waals surface area contributed by atoms with Crippen molar-refractivity contribution < 1.29 is 0 Å². The summed E-state index contributed by atoms with van der Waals surface area (Å²) in [5, 5.41) is 0. The summed E-state index contributed by atoms with van der Waals surface area (Å²) >= 11 is 0. The van der Waals surface area contributed by atoms with Crippen LogP contribution in [-0.4, -0.2) is 24.5 Å². The van der Waals surface area contributed by atoms with Crippen LogP contribution in [0.25, 0.3) is 0 Å². The lowest BCUT2D eigenvalue weighted by Gasteiger charge is -2.26. The molecule has 0 bridgehead atoms. The van der Waals surface area contributed by atoms with E-state index < -0.39 is 0 Å². The SMILES string of the molecule is NCC(c1ccc(C2CC2)cc1)N1CCCC1. The van der Waals surface area contributed by atoms with Crippen LogP contribution in [0.2, 0.25) is 0 Å². The lowest BCUT2D eigenvalue weighted by Crippen LogP contribution is -2.31. The summed E-state index contributed by atoms with van der Waals surface area (Å²) < 4.78 is 0. The van der Waals surface area contributed by atoms with Gasteiger partial charge in [0.15, 0.2) is 0 Å². The quantitative estimate of drug-likeness (QED) is 0.861. The predicted octanol–water partition coefficient (Wildman–Crippen LogP) is 2.66. The Morgan fingerprint density at radius 2 is 1.76 bits per heavy atom. The van der Waals surface area contributed by atoms with E-state index in [4.69, 9.17) is 5.73 Å². The van der Waals surface area contributed by atoms with Crippen molar-refractivity contribution in [3.8, 4) is 0 Å². The van der Waals surface area contributed by atoms with E-state index in [9.17, 15) is 0 Å². The molecular weight excluding hydrogens is 208 g/mol. The van der Waals surface area contributed by atoms with Gasteiger partial charge in [0.2, 0.25) is 0 Å². The van der Waals surface area contributed by atoms with Gasteiger partial charge in [0.05, 0.1) is 0 Å². The van der Waals surface area contributed by atoms with Crippen molar-refractivity contribution in [2.45, 2.75) is 37.6 Å². The van der Waals surface area contributed by atoms with E-state index in [-0.39, 0.29) is 0 Å². The monoisotopic (exact) mass is 230 g/mol. The van der Waals surface area contributed by atoms with Gasteiger partial charge in [0.1, 0.15) is 0 Å². The Hall–Kier alpha value is -0.860. The Bertz CT molecular complexity index is 361. The molecule has 1 aliphatic carbocycles. The molecule has 3 rings (SSSR count). The highest BCUT2D eigenvalue weighted by Gasteiger charge is 2.25. The van der Waals surface area contributed by atoms with Gasteiger partial charge < -0.3 is 5.73 Å². The zero-order valence-electron chi connectivity index (χ0n) is 10.4. The average Bonchev–Trinajstić information content (AvgIpc) is 3.09. The maximum absolute atomic E-state index is 5.95. The molecule has 2 fully saturated rings. The van der Waals surface area contributed by atoms with Crippen LogP contribution in [0.4, 0.5) is 0 Å². The highest BCUT2D eigenvalue weighted by molar-refractivity contribution is 5.30. The average molecular weight is 230 g/mol. The minimum absolute atomic E-state index is 0.436. The number of rotatable bonds is 4. The third kappa shape index (κ3) is 2.38. The number of hydrogen-bond donors (Lipinski definition) is 1. The Labute approximate surface area is 104 Å². The molecule has 92 valence electrons. The molecule has 2 heteroatoms. The zero-order chi connectivity index (χ0) is 11.7. The van der Waals surface area contributed by atoms with Gasteiger partial charge >= 0.3 is 0 Å². The van der Waals surface area contributed by atoms with Crippen molar-refractivity contribution in [2.75, 3.05) is 19.6 Å². The fourth-order valence-corrected chi connectivity index (χ4v) is 2.96. The molecule has 2 N–H and O–H groups in total. The highest BCUT2D eigenvalue weighted by atomic mass is 15.2. The van der Waals surface area contributed by atoms with Crippen LogP contribution in [0.1, 0.15) is 48.8 Å². The maximum atomic E-state index is 5.95. The second-order valence-corrected chi connectivity index (χ2v) is 5.44. The zero-order valence-corrected chi connectivity index (χ0v) is 10.4. The number of nitrogens with zero attached hydrogens (tertiary/aromatic N) is 1. The van der Waals surface area contributed by atoms with E-state index in [0.29, 0.717) is 6.04 Å². The molecule has 0 amide bonds. The standard InChI is InChI=1S/C15H22N2/c16-11-15(17-9-1-2-10-17)14-7-5-13(6-8-14)12-3-4-12/h5-8,12,15H,1-4,9-11,16H2. The first-order valence-electron chi connectivity index (χ1n) is 6.92. The van der Waals surface area contributed by atoms with Crippen LogP contribution in [0.5, 0.6) is 0 Å². The molecular formula is C15H22N2. The molecule has 1 aromatic rings. The highest BCUT2D eigenvalue weighted by Crippen LogP contribution is 2.40. The predicted molar refractivity (Wildman–Crippen MR) is 71.0 cm³/mol. The van der Waals surface area contributed by atoms with Crippen LogP contribution < -0.4 is 5.73 Å². The van der Waals surface area contributed by atoms with Crippen LogP contribution in [0.15, 0.2) is 24.3 Å². The summed E-state index contributed by atoms with van der Waals surface area (Å²) in [6.07, 6.45) is 5.42. The van der Waals surface area contributed by atoms with Gasteiger partial charge in [-0.25, -0.2) is 0 Å². The smallest absolute Gasteiger partial charge is 0.0470 e. The fraction of sp³-hybridized carbons (Fsp3) is 0.600. The molecule has 0 aromatic heterocycles. The maximum Gasteiger partial charge on any atom is 0.0470 e. The first kappa shape index (κ1) is 11.2. The molecule has 1 saturated heterocycles. The molecule has 1 aliphatic heterocycles. The minimum Gasteiger partial charge on any atom is -0.329 e. The van der Waals surface area contributed by atoms with Gasteiger partial charge in [-0.15, -0.1) is 0 Å². The second-order valence-electron chi connectivity index (χ2n) is 5.44.